The number of benzene rings is 1. The van der Waals surface area contributed by atoms with E-state index >= 15 is 0 Å². The fraction of sp³-hybridized carbons (Fsp3) is 0.318. The fourth-order valence-electron chi connectivity index (χ4n) is 3.78. The number of aliphatic hydroxyl groups excluding tert-OH is 3. The van der Waals surface area contributed by atoms with Gasteiger partial charge in [-0.1, -0.05) is 12.1 Å². The highest BCUT2D eigenvalue weighted by Crippen LogP contribution is 2.29. The molecule has 10 nitrogen and oxygen atoms in total. The summed E-state index contributed by atoms with van der Waals surface area (Å²) in [4.78, 5) is 29.8. The van der Waals surface area contributed by atoms with E-state index < -0.39 is 35.8 Å². The molecule has 1 saturated heterocycles. The van der Waals surface area contributed by atoms with Crippen LogP contribution in [0.25, 0.3) is 11.1 Å². The molecule has 0 amide bonds. The van der Waals surface area contributed by atoms with Crippen LogP contribution in [-0.2, 0) is 11.3 Å². The predicted molar refractivity (Wildman–Crippen MR) is 116 cm³/mol. The largest absolute Gasteiger partial charge is 0.399 e. The first-order chi connectivity index (χ1) is 15.4. The van der Waals surface area contributed by atoms with E-state index in [2.05, 4.69) is 4.98 Å². The number of pyridine rings is 1. The molecule has 4 rings (SSSR count). The molecule has 0 bridgehead atoms. The smallest absolute Gasteiger partial charge is 0.333 e. The van der Waals surface area contributed by atoms with Crippen LogP contribution in [0.15, 0.2) is 64.4 Å². The Morgan fingerprint density at radius 3 is 2.50 bits per heavy atom. The quantitative estimate of drug-likeness (QED) is 0.381. The van der Waals surface area contributed by atoms with Gasteiger partial charge in [0.2, 0.25) is 0 Å². The molecule has 0 radical (unpaired) electrons. The van der Waals surface area contributed by atoms with Crippen LogP contribution >= 0.6 is 0 Å². The first-order valence-electron chi connectivity index (χ1n) is 10.1. The van der Waals surface area contributed by atoms with Crippen LogP contribution in [0, 0.1) is 0 Å². The molecule has 1 fully saturated rings. The zero-order chi connectivity index (χ0) is 22.8. The van der Waals surface area contributed by atoms with Crippen LogP contribution < -0.4 is 17.0 Å². The van der Waals surface area contributed by atoms with Gasteiger partial charge in [-0.2, -0.15) is 0 Å². The minimum atomic E-state index is -1.39. The van der Waals surface area contributed by atoms with Crippen LogP contribution in [0.1, 0.15) is 18.3 Å². The first-order valence-corrected chi connectivity index (χ1v) is 10.1. The van der Waals surface area contributed by atoms with E-state index in [0.29, 0.717) is 11.4 Å². The molecule has 4 unspecified atom stereocenters. The highest BCUT2D eigenvalue weighted by Gasteiger charge is 2.43. The Morgan fingerprint density at radius 2 is 1.78 bits per heavy atom. The minimum absolute atomic E-state index is 0.0905. The van der Waals surface area contributed by atoms with Crippen molar-refractivity contribution in [3.05, 3.63) is 81.4 Å². The highest BCUT2D eigenvalue weighted by atomic mass is 16.6. The molecular formula is C22H24N4O6. The van der Waals surface area contributed by atoms with Crippen molar-refractivity contribution >= 4 is 5.69 Å². The third kappa shape index (κ3) is 4.21. The summed E-state index contributed by atoms with van der Waals surface area (Å²) in [6.07, 6.45) is -1.75. The number of hydrogen-bond acceptors (Lipinski definition) is 8. The number of anilines is 1. The van der Waals surface area contributed by atoms with E-state index in [4.69, 9.17) is 15.6 Å². The Balaban J connectivity index is 1.65. The molecule has 0 spiro atoms. The van der Waals surface area contributed by atoms with Gasteiger partial charge in [0.05, 0.1) is 18.3 Å². The van der Waals surface area contributed by atoms with Gasteiger partial charge in [-0.3, -0.25) is 18.9 Å². The van der Waals surface area contributed by atoms with Gasteiger partial charge in [-0.05, 0) is 41.8 Å². The summed E-state index contributed by atoms with van der Waals surface area (Å²) in [6, 6.07) is 12.1. The van der Waals surface area contributed by atoms with Crippen LogP contribution in [0.5, 0.6) is 0 Å². The Morgan fingerprint density at radius 1 is 1.03 bits per heavy atom. The standard InChI is InChI=1S/C22H24N4O6/c23-15-3-1-13(2-4-15)14-5-8-24-16(11-14)12-26-18(28)6-9-25(22(26)31)21-20(30)19(29)17(32-21)7-10-27/h1-6,8-9,11,17,19-21,27,29-30H,7,10,12,23H2. The van der Waals surface area contributed by atoms with Crippen LogP contribution in [0.4, 0.5) is 5.69 Å². The van der Waals surface area contributed by atoms with E-state index in [1.807, 2.05) is 18.2 Å². The number of rotatable bonds is 6. The number of nitrogens with two attached hydrogens (primary N) is 1. The Labute approximate surface area is 182 Å². The van der Waals surface area contributed by atoms with Crippen LogP contribution in [0.2, 0.25) is 0 Å². The molecule has 0 aliphatic carbocycles. The van der Waals surface area contributed by atoms with Crippen molar-refractivity contribution in [2.45, 2.75) is 37.5 Å². The second-order valence-electron chi connectivity index (χ2n) is 7.65. The molecule has 4 atom stereocenters. The van der Waals surface area contributed by atoms with Gasteiger partial charge in [-0.25, -0.2) is 4.79 Å². The third-order valence-corrected chi connectivity index (χ3v) is 5.50. The minimum Gasteiger partial charge on any atom is -0.399 e. The van der Waals surface area contributed by atoms with Crippen molar-refractivity contribution in [1.29, 1.82) is 0 Å². The van der Waals surface area contributed by atoms with Crippen molar-refractivity contribution in [2.75, 3.05) is 12.3 Å². The summed E-state index contributed by atoms with van der Waals surface area (Å²) in [5, 5.41) is 29.6. The first kappa shape index (κ1) is 21.9. The molecule has 10 heteroatoms. The Bertz CT molecular complexity index is 1210. The maximum atomic E-state index is 13.1. The lowest BCUT2D eigenvalue weighted by Crippen LogP contribution is -2.43. The number of nitrogens with zero attached hydrogens (tertiary/aromatic N) is 3. The van der Waals surface area contributed by atoms with E-state index in [9.17, 15) is 19.8 Å². The van der Waals surface area contributed by atoms with Gasteiger partial charge in [0, 0.05) is 30.8 Å². The van der Waals surface area contributed by atoms with Crippen molar-refractivity contribution in [1.82, 2.24) is 14.1 Å². The van der Waals surface area contributed by atoms with E-state index in [1.165, 1.54) is 12.3 Å². The van der Waals surface area contributed by atoms with Crippen molar-refractivity contribution in [3.8, 4) is 11.1 Å². The highest BCUT2D eigenvalue weighted by molar-refractivity contribution is 5.65. The summed E-state index contributed by atoms with van der Waals surface area (Å²) in [5.74, 6) is 0. The summed E-state index contributed by atoms with van der Waals surface area (Å²) in [7, 11) is 0. The van der Waals surface area contributed by atoms with Gasteiger partial charge in [0.15, 0.2) is 6.23 Å². The molecule has 5 N–H and O–H groups in total. The van der Waals surface area contributed by atoms with Gasteiger partial charge >= 0.3 is 5.69 Å². The molecule has 3 aromatic rings. The van der Waals surface area contributed by atoms with Crippen molar-refractivity contribution in [2.24, 2.45) is 0 Å². The van der Waals surface area contributed by atoms with E-state index in [0.717, 1.165) is 20.3 Å². The number of ether oxygens (including phenoxy) is 1. The van der Waals surface area contributed by atoms with E-state index in [-0.39, 0.29) is 19.6 Å². The third-order valence-electron chi connectivity index (χ3n) is 5.50. The maximum absolute atomic E-state index is 13.1. The van der Waals surface area contributed by atoms with Crippen molar-refractivity contribution in [3.63, 3.8) is 0 Å². The summed E-state index contributed by atoms with van der Waals surface area (Å²) < 4.78 is 7.64. The topological polar surface area (TPSA) is 153 Å². The molecule has 168 valence electrons. The zero-order valence-corrected chi connectivity index (χ0v) is 17.1. The van der Waals surface area contributed by atoms with Crippen molar-refractivity contribution < 1.29 is 20.1 Å². The van der Waals surface area contributed by atoms with Gasteiger partial charge in [0.1, 0.15) is 12.2 Å². The number of aromatic nitrogens is 3. The molecule has 32 heavy (non-hydrogen) atoms. The summed E-state index contributed by atoms with van der Waals surface area (Å²) in [5.41, 5.74) is 7.38. The lowest BCUT2D eigenvalue weighted by Gasteiger charge is -2.18. The normalized spacial score (nSPS) is 22.8. The monoisotopic (exact) mass is 440 g/mol. The van der Waals surface area contributed by atoms with Gasteiger partial charge in [0.25, 0.3) is 5.56 Å². The number of nitrogen functional groups attached to an aromatic ring is 1. The fourth-order valence-corrected chi connectivity index (χ4v) is 3.78. The average molecular weight is 440 g/mol. The molecule has 3 heterocycles. The van der Waals surface area contributed by atoms with Gasteiger partial charge < -0.3 is 25.8 Å². The second kappa shape index (κ2) is 9.05. The number of hydrogen-bond donors (Lipinski definition) is 4. The predicted octanol–water partition coefficient (Wildman–Crippen LogP) is -0.296. The zero-order valence-electron chi connectivity index (χ0n) is 17.1. The van der Waals surface area contributed by atoms with Crippen LogP contribution in [0.3, 0.4) is 0 Å². The second-order valence-corrected chi connectivity index (χ2v) is 7.65. The molecule has 1 aromatic carbocycles. The molecule has 2 aromatic heterocycles. The lowest BCUT2D eigenvalue weighted by molar-refractivity contribution is -0.0458. The lowest BCUT2D eigenvalue weighted by atomic mass is 10.1. The maximum Gasteiger partial charge on any atom is 0.333 e. The van der Waals surface area contributed by atoms with Crippen LogP contribution in [-0.4, -0.2) is 54.4 Å². The summed E-state index contributed by atoms with van der Waals surface area (Å²) in [6.45, 7) is -0.335. The summed E-state index contributed by atoms with van der Waals surface area (Å²) >= 11 is 0. The Kier molecular flexibility index (Phi) is 6.19. The average Bonchev–Trinajstić information content (AvgIpc) is 3.06. The molecule has 1 aliphatic heterocycles. The molecule has 0 saturated carbocycles. The van der Waals surface area contributed by atoms with Gasteiger partial charge in [-0.15, -0.1) is 0 Å². The number of aliphatic hydroxyl groups is 3. The molecule has 1 aliphatic rings. The molecular weight excluding hydrogens is 416 g/mol. The Hall–Kier alpha value is -3.31. The SMILES string of the molecule is Nc1ccc(-c2ccnc(Cn3c(=O)ccn(C4OC(CCO)C(O)C4O)c3=O)c2)cc1. The van der Waals surface area contributed by atoms with E-state index in [1.54, 1.807) is 24.4 Å².